The van der Waals surface area contributed by atoms with Crippen LogP contribution >= 0.6 is 0 Å². The van der Waals surface area contributed by atoms with E-state index in [4.69, 9.17) is 0 Å². The minimum atomic E-state index is -0.468. The lowest BCUT2D eigenvalue weighted by Gasteiger charge is -2.35. The molecule has 0 atom stereocenters. The molecule has 20 aromatic rings. The van der Waals surface area contributed by atoms with Gasteiger partial charge in [-0.05, 0) is 245 Å². The quantitative estimate of drug-likeness (QED) is 0.0565. The number of hydrogen-bond acceptors (Lipinski definition) is 4. The molecule has 0 heterocycles. The molecule has 1 aliphatic carbocycles. The van der Waals surface area contributed by atoms with E-state index in [2.05, 4.69) is 535 Å². The van der Waals surface area contributed by atoms with E-state index in [9.17, 15) is 0 Å². The molecule has 21 rings (SSSR count). The first-order valence-corrected chi connectivity index (χ1v) is 46.0. The van der Waals surface area contributed by atoms with Crippen LogP contribution in [0.25, 0.3) is 89.6 Å². The van der Waals surface area contributed by atoms with Crippen LogP contribution in [0.2, 0.25) is 0 Å². The van der Waals surface area contributed by atoms with Crippen molar-refractivity contribution in [3.05, 3.63) is 554 Å². The molecule has 0 bridgehead atoms. The third-order valence-electron chi connectivity index (χ3n) is 27.4. The Labute approximate surface area is 782 Å². The van der Waals surface area contributed by atoms with Gasteiger partial charge in [-0.3, -0.25) is 0 Å². The second-order valence-corrected chi connectivity index (χ2v) is 35.9. The highest BCUT2D eigenvalue weighted by Crippen LogP contribution is 2.57. The maximum absolute atomic E-state index is 4.08. The third-order valence-corrected chi connectivity index (χ3v) is 27.4. The van der Waals surface area contributed by atoms with E-state index in [1.54, 1.807) is 0 Å². The molecular weight excluding hydrogens is 1610 g/mol. The van der Waals surface area contributed by atoms with E-state index in [-0.39, 0.29) is 10.8 Å². The van der Waals surface area contributed by atoms with Gasteiger partial charge in [0.25, 0.3) is 0 Å². The summed E-state index contributed by atoms with van der Waals surface area (Å²) >= 11 is 0. The van der Waals surface area contributed by atoms with Crippen LogP contribution in [0, 0.1) is 0 Å². The molecule has 133 heavy (non-hydrogen) atoms. The predicted octanol–water partition coefficient (Wildman–Crippen LogP) is 35.5. The zero-order chi connectivity index (χ0) is 90.6. The van der Waals surface area contributed by atoms with Crippen LogP contribution in [0.1, 0.15) is 94.5 Å². The van der Waals surface area contributed by atoms with Gasteiger partial charge in [-0.15, -0.1) is 0 Å². The molecule has 0 aliphatic heterocycles. The Balaban J connectivity index is 0.000000166. The minimum absolute atomic E-state index is 0.174. The van der Waals surface area contributed by atoms with Crippen molar-refractivity contribution in [3.63, 3.8) is 0 Å². The van der Waals surface area contributed by atoms with Gasteiger partial charge in [0.1, 0.15) is 0 Å². The molecular formula is C129H104N4. The first-order valence-electron chi connectivity index (χ1n) is 46.0. The van der Waals surface area contributed by atoms with Crippen molar-refractivity contribution in [2.24, 2.45) is 0 Å². The average molecular weight is 1710 g/mol. The summed E-state index contributed by atoms with van der Waals surface area (Å²) in [6, 6.07) is 169. The molecule has 640 valence electrons. The second kappa shape index (κ2) is 36.6. The van der Waals surface area contributed by atoms with E-state index in [0.29, 0.717) is 0 Å². The zero-order valence-corrected chi connectivity index (χ0v) is 75.7. The van der Waals surface area contributed by atoms with Crippen molar-refractivity contribution in [2.45, 2.75) is 56.8 Å². The fourth-order valence-corrected chi connectivity index (χ4v) is 20.0. The molecule has 0 radical (unpaired) electrons. The van der Waals surface area contributed by atoms with Gasteiger partial charge in [-0.2, -0.15) is 0 Å². The third kappa shape index (κ3) is 16.6. The summed E-state index contributed by atoms with van der Waals surface area (Å²) in [5.74, 6) is 0. The van der Waals surface area contributed by atoms with Gasteiger partial charge in [0.2, 0.25) is 0 Å². The molecule has 0 unspecified atom stereocenters. The van der Waals surface area contributed by atoms with E-state index in [0.717, 1.165) is 114 Å². The predicted molar refractivity (Wildman–Crippen MR) is 571 cm³/mol. The van der Waals surface area contributed by atoms with E-state index < -0.39 is 5.41 Å². The summed E-state index contributed by atoms with van der Waals surface area (Å²) in [6.45, 7) is 25.2. The van der Waals surface area contributed by atoms with Crippen molar-refractivity contribution < 1.29 is 0 Å². The van der Waals surface area contributed by atoms with Crippen molar-refractivity contribution >= 4 is 136 Å². The molecule has 0 aromatic heterocycles. The van der Waals surface area contributed by atoms with E-state index in [1.807, 2.05) is 24.3 Å². The highest BCUT2D eigenvalue weighted by molar-refractivity contribution is 6.04. The number of benzene rings is 20. The summed E-state index contributed by atoms with van der Waals surface area (Å²) in [5, 5.41) is 9.65. The molecule has 4 heteroatoms. The maximum Gasteiger partial charge on any atom is 0.0540 e. The highest BCUT2D eigenvalue weighted by atomic mass is 15.2. The molecule has 0 fully saturated rings. The van der Waals surface area contributed by atoms with Crippen LogP contribution in [-0.4, -0.2) is 0 Å². The first kappa shape index (κ1) is 84.7. The number of nitrogens with zero attached hydrogens (tertiary/aromatic N) is 4. The Bertz CT molecular complexity index is 7160. The summed E-state index contributed by atoms with van der Waals surface area (Å²) in [6.07, 6.45) is 9.22. The first-order chi connectivity index (χ1) is 65.2. The summed E-state index contributed by atoms with van der Waals surface area (Å²) in [7, 11) is 0. The van der Waals surface area contributed by atoms with Crippen LogP contribution in [-0.2, 0) is 29.1 Å². The van der Waals surface area contributed by atoms with E-state index in [1.165, 1.54) is 98.7 Å². The molecule has 0 spiro atoms. The highest BCUT2D eigenvalue weighted by Gasteiger charge is 2.45. The lowest BCUT2D eigenvalue weighted by Crippen LogP contribution is -2.31. The van der Waals surface area contributed by atoms with Crippen LogP contribution in [0.3, 0.4) is 0 Å². The summed E-state index contributed by atoms with van der Waals surface area (Å²) < 4.78 is 0. The number of hydrogen-bond donors (Lipinski definition) is 0. The SMILES string of the molecule is C=Cc1ccc(C(C)(C)c2ccc(N(c3ccc(-c4ccc(N(c5ccc(C(C)(C)c6ccc(C=C)cc6)cc5)c5cccc6ccccc56)cc4)cc3)c3cccc4ccccc34)cc2)cc1.C=Cc1ccc(CC2(Cc3ccc(C=C)cc3)c3cc(N(c4ccccc4)c4cccc5ccccc45)ccc3-c3ccc(N(c4ccccc4)c4cccc5ccccc45)cc32)cc1. The van der Waals surface area contributed by atoms with Gasteiger partial charge in [0.05, 0.1) is 22.7 Å². The van der Waals surface area contributed by atoms with Crippen LogP contribution in [0.4, 0.5) is 68.2 Å². The Morgan fingerprint density at radius 1 is 0.218 bits per heavy atom. The van der Waals surface area contributed by atoms with Crippen molar-refractivity contribution in [1.29, 1.82) is 0 Å². The summed E-state index contributed by atoms with van der Waals surface area (Å²) in [4.78, 5) is 9.66. The van der Waals surface area contributed by atoms with Gasteiger partial charge in [-0.1, -0.05) is 418 Å². The van der Waals surface area contributed by atoms with Crippen molar-refractivity contribution in [1.82, 2.24) is 0 Å². The largest absolute Gasteiger partial charge is 0.310 e. The van der Waals surface area contributed by atoms with Gasteiger partial charge in [0.15, 0.2) is 0 Å². The molecule has 0 saturated heterocycles. The Morgan fingerprint density at radius 2 is 0.444 bits per heavy atom. The minimum Gasteiger partial charge on any atom is -0.310 e. The van der Waals surface area contributed by atoms with Gasteiger partial charge in [0, 0.05) is 83.3 Å². The topological polar surface area (TPSA) is 13.0 Å². The van der Waals surface area contributed by atoms with Crippen LogP contribution in [0.15, 0.2) is 487 Å². The fraction of sp³-hybridized carbons (Fsp3) is 0.0698. The monoisotopic (exact) mass is 1710 g/mol. The lowest BCUT2D eigenvalue weighted by molar-refractivity contribution is 0.520. The van der Waals surface area contributed by atoms with Crippen LogP contribution in [0.5, 0.6) is 0 Å². The number of fused-ring (bicyclic) bond motifs is 7. The Morgan fingerprint density at radius 3 is 0.729 bits per heavy atom. The second-order valence-electron chi connectivity index (χ2n) is 35.9. The van der Waals surface area contributed by atoms with Gasteiger partial charge in [-0.25, -0.2) is 0 Å². The molecule has 0 N–H and O–H groups in total. The summed E-state index contributed by atoms with van der Waals surface area (Å²) in [5.41, 5.74) is 32.2. The zero-order valence-electron chi connectivity index (χ0n) is 75.7. The fourth-order valence-electron chi connectivity index (χ4n) is 20.0. The standard InChI is InChI=1S/C66H56N2.C63H48N2/c1-7-47-23-31-53(32-24-47)65(3,4)55-35-43-59(44-36-55)67(63-21-13-17-51-15-9-11-19-61(51)63)57-39-27-49(28-40-57)50-29-41-58(42-30-50)68(64-22-14-18-52-16-10-12-20-62(52)64)60-45-37-56(38-46-60)66(5,6)54-33-25-48(8-2)26-34-54;1-3-45-29-33-47(34-30-45)43-63(44-48-35-31-46(4-2)32-36-48)59-41-53(64(51-21-7-5-8-22-51)61-27-15-19-49-17-11-13-25-55(49)61)37-39-57(59)58-40-38-54(42-60(58)63)65(52-23-9-6-10-24-52)62-28-16-20-50-18-12-14-26-56(50)62/h7-46H,1-2H2,3-6H3;3-42H,1-2,43-44H2. The molecule has 1 aliphatic rings. The lowest BCUT2D eigenvalue weighted by atomic mass is 9.69. The van der Waals surface area contributed by atoms with Crippen molar-refractivity contribution in [3.8, 4) is 22.3 Å². The Kier molecular flexibility index (Phi) is 23.3. The van der Waals surface area contributed by atoms with Gasteiger partial charge >= 0.3 is 0 Å². The van der Waals surface area contributed by atoms with Gasteiger partial charge < -0.3 is 19.6 Å². The van der Waals surface area contributed by atoms with Crippen LogP contribution < -0.4 is 19.6 Å². The van der Waals surface area contributed by atoms with E-state index >= 15 is 0 Å². The normalized spacial score (nSPS) is 12.0. The average Bonchev–Trinajstić information content (AvgIpc) is 1.55. The maximum atomic E-state index is 4.08. The van der Waals surface area contributed by atoms with Crippen molar-refractivity contribution in [2.75, 3.05) is 19.6 Å². The smallest absolute Gasteiger partial charge is 0.0540 e. The number of anilines is 12. The molecule has 4 nitrogen and oxygen atoms in total. The number of rotatable bonds is 25. The Hall–Kier alpha value is -16.4. The number of para-hydroxylation sites is 2. The molecule has 0 amide bonds. The molecule has 20 aromatic carbocycles. The molecule has 0 saturated carbocycles.